The van der Waals surface area contributed by atoms with Gasteiger partial charge in [-0.15, -0.1) is 0 Å². The zero-order chi connectivity index (χ0) is 11.1. The van der Waals surface area contributed by atoms with E-state index in [4.69, 9.17) is 10.6 Å². The highest BCUT2D eigenvalue weighted by atomic mass is 16.5. The molecule has 1 heterocycles. The molecule has 1 rings (SSSR count). The molecule has 0 saturated heterocycles. The van der Waals surface area contributed by atoms with E-state index in [2.05, 4.69) is 10.4 Å². The van der Waals surface area contributed by atoms with Crippen LogP contribution in [0.2, 0.25) is 0 Å². The SMILES string of the molecule is COCCCC(NN)c1cccc(C)n1. The third-order valence-corrected chi connectivity index (χ3v) is 2.31. The summed E-state index contributed by atoms with van der Waals surface area (Å²) in [5.41, 5.74) is 4.79. The van der Waals surface area contributed by atoms with Crippen LogP contribution < -0.4 is 11.3 Å². The third-order valence-electron chi connectivity index (χ3n) is 2.31. The highest BCUT2D eigenvalue weighted by Gasteiger charge is 2.10. The average Bonchev–Trinajstić information content (AvgIpc) is 2.24. The zero-order valence-corrected chi connectivity index (χ0v) is 9.36. The largest absolute Gasteiger partial charge is 0.385 e. The quantitative estimate of drug-likeness (QED) is 0.421. The Kier molecular flexibility index (Phi) is 5.25. The van der Waals surface area contributed by atoms with Gasteiger partial charge in [0.15, 0.2) is 0 Å². The van der Waals surface area contributed by atoms with E-state index >= 15 is 0 Å². The Balaban J connectivity index is 2.57. The molecule has 3 N–H and O–H groups in total. The molecule has 0 bridgehead atoms. The maximum Gasteiger partial charge on any atom is 0.0633 e. The van der Waals surface area contributed by atoms with Crippen LogP contribution in [0.3, 0.4) is 0 Å². The number of nitrogens with two attached hydrogens (primary N) is 1. The Morgan fingerprint density at radius 3 is 2.93 bits per heavy atom. The number of ether oxygens (including phenoxy) is 1. The van der Waals surface area contributed by atoms with Gasteiger partial charge in [-0.25, -0.2) is 0 Å². The molecule has 0 amide bonds. The van der Waals surface area contributed by atoms with E-state index in [9.17, 15) is 0 Å². The summed E-state index contributed by atoms with van der Waals surface area (Å²) in [5.74, 6) is 5.51. The smallest absolute Gasteiger partial charge is 0.0633 e. The first kappa shape index (κ1) is 12.1. The van der Waals surface area contributed by atoms with Gasteiger partial charge in [0.25, 0.3) is 0 Å². The predicted octanol–water partition coefficient (Wildman–Crippen LogP) is 1.32. The number of methoxy groups -OCH3 is 1. The maximum atomic E-state index is 5.51. The lowest BCUT2D eigenvalue weighted by atomic mass is 10.1. The second-order valence-electron chi connectivity index (χ2n) is 3.56. The van der Waals surface area contributed by atoms with E-state index < -0.39 is 0 Å². The van der Waals surface area contributed by atoms with Crippen molar-refractivity contribution in [2.24, 2.45) is 5.84 Å². The van der Waals surface area contributed by atoms with Crippen molar-refractivity contribution in [2.45, 2.75) is 25.8 Å². The fourth-order valence-corrected chi connectivity index (χ4v) is 1.51. The maximum absolute atomic E-state index is 5.51. The minimum atomic E-state index is 0.111. The molecule has 0 aromatic carbocycles. The number of nitrogens with zero attached hydrogens (tertiary/aromatic N) is 1. The number of pyridine rings is 1. The lowest BCUT2D eigenvalue weighted by Gasteiger charge is -2.15. The number of hydrogen-bond acceptors (Lipinski definition) is 4. The van der Waals surface area contributed by atoms with Crippen molar-refractivity contribution in [3.8, 4) is 0 Å². The van der Waals surface area contributed by atoms with Crippen molar-refractivity contribution in [2.75, 3.05) is 13.7 Å². The van der Waals surface area contributed by atoms with Gasteiger partial charge < -0.3 is 4.74 Å². The van der Waals surface area contributed by atoms with Gasteiger partial charge in [0.1, 0.15) is 0 Å². The lowest BCUT2D eigenvalue weighted by Crippen LogP contribution is -2.29. The molecule has 0 aliphatic rings. The molecule has 0 fully saturated rings. The van der Waals surface area contributed by atoms with Gasteiger partial charge >= 0.3 is 0 Å². The second-order valence-corrected chi connectivity index (χ2v) is 3.56. The number of aryl methyl sites for hydroxylation is 1. The van der Waals surface area contributed by atoms with Gasteiger partial charge in [-0.1, -0.05) is 6.07 Å². The fourth-order valence-electron chi connectivity index (χ4n) is 1.51. The number of aromatic nitrogens is 1. The van der Waals surface area contributed by atoms with Gasteiger partial charge in [0.2, 0.25) is 0 Å². The standard InChI is InChI=1S/C11H19N3O/c1-9-5-3-6-10(13-9)11(14-12)7-4-8-15-2/h3,5-6,11,14H,4,7-8,12H2,1-2H3. The van der Waals surface area contributed by atoms with Crippen LogP contribution in [-0.2, 0) is 4.74 Å². The van der Waals surface area contributed by atoms with Gasteiger partial charge in [0, 0.05) is 19.4 Å². The van der Waals surface area contributed by atoms with Crippen LogP contribution in [0.15, 0.2) is 18.2 Å². The molecular weight excluding hydrogens is 190 g/mol. The predicted molar refractivity (Wildman–Crippen MR) is 60.1 cm³/mol. The van der Waals surface area contributed by atoms with E-state index in [1.54, 1.807) is 7.11 Å². The number of hydrogen-bond donors (Lipinski definition) is 2. The van der Waals surface area contributed by atoms with Crippen LogP contribution >= 0.6 is 0 Å². The molecule has 4 heteroatoms. The van der Waals surface area contributed by atoms with Crippen LogP contribution in [0.1, 0.15) is 30.3 Å². The summed E-state index contributed by atoms with van der Waals surface area (Å²) >= 11 is 0. The number of nitrogens with one attached hydrogen (secondary N) is 1. The Morgan fingerprint density at radius 1 is 1.53 bits per heavy atom. The zero-order valence-electron chi connectivity index (χ0n) is 9.36. The Labute approximate surface area is 90.8 Å². The number of hydrazine groups is 1. The normalized spacial score (nSPS) is 12.7. The van der Waals surface area contributed by atoms with Crippen molar-refractivity contribution in [3.05, 3.63) is 29.6 Å². The molecule has 0 saturated carbocycles. The minimum absolute atomic E-state index is 0.111. The molecule has 0 aliphatic carbocycles. The second kappa shape index (κ2) is 6.50. The summed E-state index contributed by atoms with van der Waals surface area (Å²) in [7, 11) is 1.70. The molecule has 1 aromatic heterocycles. The number of rotatable bonds is 6. The first-order valence-corrected chi connectivity index (χ1v) is 5.16. The molecule has 0 spiro atoms. The molecule has 1 aromatic rings. The highest BCUT2D eigenvalue weighted by Crippen LogP contribution is 2.15. The van der Waals surface area contributed by atoms with E-state index in [1.165, 1.54) is 0 Å². The summed E-state index contributed by atoms with van der Waals surface area (Å²) in [6.07, 6.45) is 1.90. The first-order valence-electron chi connectivity index (χ1n) is 5.16. The van der Waals surface area contributed by atoms with Crippen molar-refractivity contribution >= 4 is 0 Å². The molecule has 15 heavy (non-hydrogen) atoms. The summed E-state index contributed by atoms with van der Waals surface area (Å²) in [4.78, 5) is 4.44. The monoisotopic (exact) mass is 209 g/mol. The molecule has 0 aliphatic heterocycles. The van der Waals surface area contributed by atoms with Crippen molar-refractivity contribution < 1.29 is 4.74 Å². The van der Waals surface area contributed by atoms with Crippen LogP contribution in [0.4, 0.5) is 0 Å². The van der Waals surface area contributed by atoms with Crippen molar-refractivity contribution in [1.82, 2.24) is 10.4 Å². The topological polar surface area (TPSA) is 60.2 Å². The van der Waals surface area contributed by atoms with Gasteiger partial charge in [-0.2, -0.15) is 0 Å². The van der Waals surface area contributed by atoms with Gasteiger partial charge in [0.05, 0.1) is 11.7 Å². The van der Waals surface area contributed by atoms with Gasteiger partial charge in [-0.3, -0.25) is 16.3 Å². The molecule has 4 nitrogen and oxygen atoms in total. The van der Waals surface area contributed by atoms with Crippen LogP contribution in [0.25, 0.3) is 0 Å². The summed E-state index contributed by atoms with van der Waals surface area (Å²) in [6, 6.07) is 6.08. The summed E-state index contributed by atoms with van der Waals surface area (Å²) in [5, 5.41) is 0. The Bertz CT molecular complexity index is 291. The third kappa shape index (κ3) is 3.95. The minimum Gasteiger partial charge on any atom is -0.385 e. The van der Waals surface area contributed by atoms with E-state index in [0.29, 0.717) is 0 Å². The molecule has 1 atom stereocenters. The highest BCUT2D eigenvalue weighted by molar-refractivity contribution is 5.13. The Hall–Kier alpha value is -0.970. The first-order chi connectivity index (χ1) is 7.27. The molecule has 0 radical (unpaired) electrons. The fraction of sp³-hybridized carbons (Fsp3) is 0.545. The van der Waals surface area contributed by atoms with Crippen LogP contribution in [0, 0.1) is 6.92 Å². The van der Waals surface area contributed by atoms with Crippen molar-refractivity contribution in [1.29, 1.82) is 0 Å². The van der Waals surface area contributed by atoms with Crippen molar-refractivity contribution in [3.63, 3.8) is 0 Å². The molecule has 1 unspecified atom stereocenters. The molecule has 84 valence electrons. The van der Waals surface area contributed by atoms with Crippen LogP contribution in [-0.4, -0.2) is 18.7 Å². The van der Waals surface area contributed by atoms with Crippen LogP contribution in [0.5, 0.6) is 0 Å². The van der Waals surface area contributed by atoms with E-state index in [1.807, 2.05) is 25.1 Å². The Morgan fingerprint density at radius 2 is 2.33 bits per heavy atom. The average molecular weight is 209 g/mol. The lowest BCUT2D eigenvalue weighted by molar-refractivity contribution is 0.188. The van der Waals surface area contributed by atoms with E-state index in [0.717, 1.165) is 30.8 Å². The van der Waals surface area contributed by atoms with Gasteiger partial charge in [-0.05, 0) is 31.9 Å². The summed E-state index contributed by atoms with van der Waals surface area (Å²) in [6.45, 7) is 2.73. The molecular formula is C11H19N3O. The summed E-state index contributed by atoms with van der Waals surface area (Å²) < 4.78 is 5.01. The van der Waals surface area contributed by atoms with E-state index in [-0.39, 0.29) is 6.04 Å².